The summed E-state index contributed by atoms with van der Waals surface area (Å²) in [5.74, 6) is 0. The number of urea groups is 1. The molecular weight excluding hydrogens is 434 g/mol. The van der Waals surface area contributed by atoms with Gasteiger partial charge >= 0.3 is 6.03 Å². The van der Waals surface area contributed by atoms with Crippen LogP contribution >= 0.6 is 39.3 Å². The van der Waals surface area contributed by atoms with Gasteiger partial charge in [0.25, 0.3) is 0 Å². The van der Waals surface area contributed by atoms with Gasteiger partial charge in [0.15, 0.2) is 5.17 Å². The van der Waals surface area contributed by atoms with Gasteiger partial charge in [0, 0.05) is 16.0 Å². The van der Waals surface area contributed by atoms with Crippen LogP contribution in [0.2, 0.25) is 5.02 Å². The van der Waals surface area contributed by atoms with Crippen molar-refractivity contribution in [3.8, 4) is 0 Å². The Morgan fingerprint density at radius 1 is 1.35 bits per heavy atom. The molecule has 2 aromatic carbocycles. The van der Waals surface area contributed by atoms with E-state index < -0.39 is 0 Å². The second-order valence-corrected chi connectivity index (χ2v) is 8.95. The molecule has 2 amide bonds. The maximum absolute atomic E-state index is 13.1. The van der Waals surface area contributed by atoms with Crippen LogP contribution in [0.4, 0.5) is 16.2 Å². The minimum Gasteiger partial charge on any atom is -0.307 e. The maximum atomic E-state index is 13.1. The molecule has 4 nitrogen and oxygen atoms in total. The van der Waals surface area contributed by atoms with Gasteiger partial charge in [0.05, 0.1) is 17.0 Å². The van der Waals surface area contributed by atoms with E-state index in [0.29, 0.717) is 22.4 Å². The Kier molecular flexibility index (Phi) is 5.95. The van der Waals surface area contributed by atoms with Crippen molar-refractivity contribution in [2.45, 2.75) is 18.6 Å². The Hall–Kier alpha value is -1.50. The molecule has 0 aromatic heterocycles. The second kappa shape index (κ2) is 8.03. The molecule has 0 saturated carbocycles. The molecule has 1 aliphatic heterocycles. The van der Waals surface area contributed by atoms with Gasteiger partial charge in [0.1, 0.15) is 0 Å². The minimum absolute atomic E-state index is 0.0609. The molecule has 1 atom stereocenters. The van der Waals surface area contributed by atoms with Crippen LogP contribution in [0.3, 0.4) is 0 Å². The summed E-state index contributed by atoms with van der Waals surface area (Å²) in [6.45, 7) is 4.81. The average Bonchev–Trinajstić information content (AvgIpc) is 2.99. The highest BCUT2D eigenvalue weighted by Crippen LogP contribution is 2.37. The van der Waals surface area contributed by atoms with Gasteiger partial charge in [-0.3, -0.25) is 4.99 Å². The summed E-state index contributed by atoms with van der Waals surface area (Å²) in [7, 11) is 0. The van der Waals surface area contributed by atoms with Crippen LogP contribution in [0.25, 0.3) is 0 Å². The third kappa shape index (κ3) is 4.42. The van der Waals surface area contributed by atoms with Crippen molar-refractivity contribution in [2.24, 2.45) is 4.99 Å². The number of hydrogen-bond acceptors (Lipinski definition) is 3. The molecule has 136 valence electrons. The lowest BCUT2D eigenvalue weighted by Crippen LogP contribution is -2.39. The first kappa shape index (κ1) is 19.3. The number of carbonyl (C=O) groups excluding carboxylic acids is 1. The van der Waals surface area contributed by atoms with Crippen molar-refractivity contribution in [3.63, 3.8) is 0 Å². The standard InChI is InChI=1S/C19H19BrClN3OS/c1-13-6-8-16(9-7-13)24(18-22-12-19(2,11-20)26-18)17(25)23-15-5-3-4-14(21)10-15/h3-10H,11-12H2,1-2H3,(H,23,25)/t19-/m1/s1. The lowest BCUT2D eigenvalue weighted by atomic mass is 10.2. The molecule has 0 saturated heterocycles. The van der Waals surface area contributed by atoms with Gasteiger partial charge in [-0.2, -0.15) is 0 Å². The zero-order chi connectivity index (χ0) is 18.7. The summed E-state index contributed by atoms with van der Waals surface area (Å²) < 4.78 is -0.0609. The lowest BCUT2D eigenvalue weighted by molar-refractivity contribution is 0.259. The summed E-state index contributed by atoms with van der Waals surface area (Å²) in [6.07, 6.45) is 0. The Labute approximate surface area is 171 Å². The predicted molar refractivity (Wildman–Crippen MR) is 116 cm³/mol. The summed E-state index contributed by atoms with van der Waals surface area (Å²) >= 11 is 11.2. The number of halogens is 2. The summed E-state index contributed by atoms with van der Waals surface area (Å²) in [6, 6.07) is 14.7. The largest absolute Gasteiger partial charge is 0.332 e. The normalized spacial score (nSPS) is 19.2. The number of anilines is 2. The first-order valence-corrected chi connectivity index (χ1v) is 10.4. The third-order valence-corrected chi connectivity index (χ3v) is 7.04. The smallest absolute Gasteiger partial charge is 0.307 e. The summed E-state index contributed by atoms with van der Waals surface area (Å²) in [4.78, 5) is 19.3. The van der Waals surface area contributed by atoms with E-state index >= 15 is 0 Å². The number of rotatable bonds is 3. The fourth-order valence-electron chi connectivity index (χ4n) is 2.46. The molecule has 3 rings (SSSR count). The van der Waals surface area contributed by atoms with Gasteiger partial charge in [-0.25, -0.2) is 9.69 Å². The molecule has 7 heteroatoms. The van der Waals surface area contributed by atoms with Crippen LogP contribution in [0.1, 0.15) is 12.5 Å². The molecule has 0 unspecified atom stereocenters. The fourth-order valence-corrected chi connectivity index (χ4v) is 4.20. The van der Waals surface area contributed by atoms with E-state index in [4.69, 9.17) is 11.6 Å². The molecule has 0 bridgehead atoms. The molecule has 1 N–H and O–H groups in total. The molecule has 0 fully saturated rings. The fraction of sp³-hybridized carbons (Fsp3) is 0.263. The first-order chi connectivity index (χ1) is 12.4. The van der Waals surface area contributed by atoms with Crippen molar-refractivity contribution < 1.29 is 4.79 Å². The number of aliphatic imine (C=N–C) groups is 1. The quantitative estimate of drug-likeness (QED) is 0.585. The summed E-state index contributed by atoms with van der Waals surface area (Å²) in [5.41, 5.74) is 2.56. The lowest BCUT2D eigenvalue weighted by Gasteiger charge is -2.25. The van der Waals surface area contributed by atoms with E-state index in [2.05, 4.69) is 33.2 Å². The van der Waals surface area contributed by atoms with Crippen molar-refractivity contribution in [1.82, 2.24) is 0 Å². The first-order valence-electron chi connectivity index (χ1n) is 8.13. The van der Waals surface area contributed by atoms with E-state index in [0.717, 1.165) is 16.6 Å². The molecule has 2 aromatic rings. The van der Waals surface area contributed by atoms with Crippen LogP contribution in [0.5, 0.6) is 0 Å². The Balaban J connectivity index is 1.90. The van der Waals surface area contributed by atoms with Gasteiger partial charge in [-0.15, -0.1) is 0 Å². The van der Waals surface area contributed by atoms with E-state index in [1.807, 2.05) is 37.3 Å². The number of hydrogen-bond donors (Lipinski definition) is 1. The number of thioether (sulfide) groups is 1. The van der Waals surface area contributed by atoms with Crippen LogP contribution < -0.4 is 10.2 Å². The number of alkyl halides is 1. The van der Waals surface area contributed by atoms with Gasteiger partial charge in [-0.05, 0) is 44.2 Å². The minimum atomic E-state index is -0.263. The number of benzene rings is 2. The third-order valence-electron chi connectivity index (χ3n) is 3.93. The van der Waals surface area contributed by atoms with Crippen molar-refractivity contribution in [3.05, 3.63) is 59.1 Å². The summed E-state index contributed by atoms with van der Waals surface area (Å²) in [5, 5.41) is 4.98. The number of amides is 2. The SMILES string of the molecule is Cc1ccc(N(C(=O)Nc2cccc(Cl)c2)C2=NC[C@@](C)(CBr)S2)cc1. The molecule has 0 aliphatic carbocycles. The number of aryl methyl sites for hydroxylation is 1. The van der Waals surface area contributed by atoms with E-state index in [1.165, 1.54) is 0 Å². The zero-order valence-electron chi connectivity index (χ0n) is 14.5. The monoisotopic (exact) mass is 451 g/mol. The van der Waals surface area contributed by atoms with Gasteiger partial charge in [0.2, 0.25) is 0 Å². The van der Waals surface area contributed by atoms with Crippen molar-refractivity contribution >= 4 is 61.9 Å². The average molecular weight is 453 g/mol. The Morgan fingerprint density at radius 2 is 2.08 bits per heavy atom. The van der Waals surface area contributed by atoms with Crippen LogP contribution in [-0.4, -0.2) is 27.8 Å². The Morgan fingerprint density at radius 3 is 2.69 bits per heavy atom. The highest BCUT2D eigenvalue weighted by Gasteiger charge is 2.36. The number of nitrogens with zero attached hydrogens (tertiary/aromatic N) is 2. The molecule has 1 aliphatic rings. The van der Waals surface area contributed by atoms with E-state index in [-0.39, 0.29) is 10.8 Å². The van der Waals surface area contributed by atoms with Crippen LogP contribution in [-0.2, 0) is 0 Å². The highest BCUT2D eigenvalue weighted by molar-refractivity contribution is 9.09. The van der Waals surface area contributed by atoms with Gasteiger partial charge in [-0.1, -0.05) is 63.1 Å². The van der Waals surface area contributed by atoms with Crippen LogP contribution in [0, 0.1) is 6.92 Å². The second-order valence-electron chi connectivity index (χ2n) is 6.40. The van der Waals surface area contributed by atoms with Gasteiger partial charge < -0.3 is 5.32 Å². The molecule has 0 radical (unpaired) electrons. The van der Waals surface area contributed by atoms with Crippen molar-refractivity contribution in [1.29, 1.82) is 0 Å². The molecule has 1 heterocycles. The Bertz CT molecular complexity index is 843. The molecular formula is C19H19BrClN3OS. The van der Waals surface area contributed by atoms with E-state index in [1.54, 1.807) is 34.9 Å². The van der Waals surface area contributed by atoms with Crippen LogP contribution in [0.15, 0.2) is 53.5 Å². The zero-order valence-corrected chi connectivity index (χ0v) is 17.7. The highest BCUT2D eigenvalue weighted by atomic mass is 79.9. The molecule has 0 spiro atoms. The predicted octanol–water partition coefficient (Wildman–Crippen LogP) is 5.94. The topological polar surface area (TPSA) is 44.7 Å². The molecule has 26 heavy (non-hydrogen) atoms. The van der Waals surface area contributed by atoms with E-state index in [9.17, 15) is 4.79 Å². The number of nitrogens with one attached hydrogen (secondary N) is 1. The number of carbonyl (C=O) groups is 1. The van der Waals surface area contributed by atoms with Crippen molar-refractivity contribution in [2.75, 3.05) is 22.1 Å². The maximum Gasteiger partial charge on any atom is 0.332 e. The number of amidine groups is 1.